The fourth-order valence-electron chi connectivity index (χ4n) is 2.37. The van der Waals surface area contributed by atoms with Gasteiger partial charge in [0.1, 0.15) is 6.61 Å². The Kier molecular flexibility index (Phi) is 5.77. The molecule has 0 unspecified atom stereocenters. The highest BCUT2D eigenvalue weighted by atomic mass is 16.5. The van der Waals surface area contributed by atoms with Crippen molar-refractivity contribution >= 4 is 5.91 Å². The van der Waals surface area contributed by atoms with Gasteiger partial charge in [0.05, 0.1) is 6.61 Å². The van der Waals surface area contributed by atoms with Crippen LogP contribution >= 0.6 is 0 Å². The quantitative estimate of drug-likeness (QED) is 0.640. The molecule has 3 N–H and O–H groups in total. The minimum absolute atomic E-state index is 0.0202. The van der Waals surface area contributed by atoms with Crippen molar-refractivity contribution in [1.82, 2.24) is 5.32 Å². The number of nitrogens with two attached hydrogens (primary N) is 1. The number of rotatable bonds is 7. The smallest absolute Gasteiger partial charge is 0.246 e. The molecule has 1 amide bonds. The maximum absolute atomic E-state index is 11.5. The summed E-state index contributed by atoms with van der Waals surface area (Å²) in [4.78, 5) is 11.5. The van der Waals surface area contributed by atoms with Gasteiger partial charge >= 0.3 is 0 Å². The van der Waals surface area contributed by atoms with E-state index in [-0.39, 0.29) is 12.5 Å². The molecule has 4 nitrogen and oxygen atoms in total. The average Bonchev–Trinajstić information content (AvgIpc) is 2.76. The molecule has 4 heteroatoms. The fourth-order valence-corrected chi connectivity index (χ4v) is 2.37. The summed E-state index contributed by atoms with van der Waals surface area (Å²) in [5, 5.41) is 2.97. The van der Waals surface area contributed by atoms with Crippen LogP contribution in [0.5, 0.6) is 0 Å². The molecule has 1 aliphatic rings. The molecular weight excluding hydrogens is 204 g/mol. The summed E-state index contributed by atoms with van der Waals surface area (Å²) in [5.74, 6) is -0.0202. The van der Waals surface area contributed by atoms with Crippen LogP contribution in [0.25, 0.3) is 0 Å². The largest absolute Gasteiger partial charge is 0.370 e. The molecule has 1 rings (SSSR count). The van der Waals surface area contributed by atoms with Crippen LogP contribution in [0.1, 0.15) is 39.0 Å². The van der Waals surface area contributed by atoms with Crippen LogP contribution in [0, 0.1) is 5.41 Å². The summed E-state index contributed by atoms with van der Waals surface area (Å²) in [7, 11) is 0. The first-order valence-corrected chi connectivity index (χ1v) is 6.27. The van der Waals surface area contributed by atoms with Crippen LogP contribution in [0.4, 0.5) is 0 Å². The van der Waals surface area contributed by atoms with Gasteiger partial charge in [0.25, 0.3) is 0 Å². The maximum atomic E-state index is 11.5. The summed E-state index contributed by atoms with van der Waals surface area (Å²) in [5.41, 5.74) is 5.62. The van der Waals surface area contributed by atoms with E-state index in [0.717, 1.165) is 13.0 Å². The Morgan fingerprint density at radius 2 is 2.12 bits per heavy atom. The summed E-state index contributed by atoms with van der Waals surface area (Å²) < 4.78 is 5.09. The second-order valence-corrected chi connectivity index (χ2v) is 4.68. The zero-order chi connectivity index (χ0) is 11.9. The van der Waals surface area contributed by atoms with Crippen molar-refractivity contribution in [2.24, 2.45) is 11.1 Å². The van der Waals surface area contributed by atoms with Crippen molar-refractivity contribution in [1.29, 1.82) is 0 Å². The van der Waals surface area contributed by atoms with Gasteiger partial charge in [0.2, 0.25) is 5.91 Å². The summed E-state index contributed by atoms with van der Waals surface area (Å²) in [6, 6.07) is 0. The van der Waals surface area contributed by atoms with E-state index in [4.69, 9.17) is 10.5 Å². The molecule has 1 aliphatic carbocycles. The Morgan fingerprint density at radius 3 is 2.69 bits per heavy atom. The van der Waals surface area contributed by atoms with Crippen LogP contribution in [-0.4, -0.2) is 32.2 Å². The molecule has 0 aromatic rings. The van der Waals surface area contributed by atoms with Gasteiger partial charge in [0, 0.05) is 13.1 Å². The fraction of sp³-hybridized carbons (Fsp3) is 0.917. The first kappa shape index (κ1) is 13.5. The highest BCUT2D eigenvalue weighted by molar-refractivity contribution is 5.77. The molecule has 0 saturated heterocycles. The molecule has 0 aromatic heterocycles. The van der Waals surface area contributed by atoms with E-state index in [0.29, 0.717) is 18.6 Å². The predicted octanol–water partition coefficient (Wildman–Crippen LogP) is 1.05. The Bertz CT molecular complexity index is 213. The molecule has 0 aromatic carbocycles. The van der Waals surface area contributed by atoms with Gasteiger partial charge in [-0.25, -0.2) is 0 Å². The summed E-state index contributed by atoms with van der Waals surface area (Å²) >= 11 is 0. The lowest BCUT2D eigenvalue weighted by Crippen LogP contribution is -2.37. The lowest BCUT2D eigenvalue weighted by atomic mass is 9.83. The SMILES string of the molecule is CCC1(CNC(=O)COCCN)CCCC1. The second kappa shape index (κ2) is 6.86. The van der Waals surface area contributed by atoms with E-state index in [9.17, 15) is 4.79 Å². The summed E-state index contributed by atoms with van der Waals surface area (Å²) in [6.45, 7) is 4.06. The van der Waals surface area contributed by atoms with Crippen LogP contribution in [0.2, 0.25) is 0 Å². The van der Waals surface area contributed by atoms with Crippen LogP contribution in [0.15, 0.2) is 0 Å². The Labute approximate surface area is 97.9 Å². The Morgan fingerprint density at radius 1 is 1.44 bits per heavy atom. The van der Waals surface area contributed by atoms with Gasteiger partial charge in [-0.3, -0.25) is 4.79 Å². The highest BCUT2D eigenvalue weighted by Crippen LogP contribution is 2.40. The third-order valence-corrected chi connectivity index (χ3v) is 3.57. The molecule has 1 saturated carbocycles. The van der Waals surface area contributed by atoms with E-state index < -0.39 is 0 Å². The molecule has 0 bridgehead atoms. The number of nitrogens with one attached hydrogen (secondary N) is 1. The molecule has 0 atom stereocenters. The molecule has 0 spiro atoms. The van der Waals surface area contributed by atoms with Crippen molar-refractivity contribution < 1.29 is 9.53 Å². The number of carbonyl (C=O) groups is 1. The van der Waals surface area contributed by atoms with Crippen LogP contribution in [0.3, 0.4) is 0 Å². The molecule has 0 aliphatic heterocycles. The topological polar surface area (TPSA) is 64.3 Å². The minimum Gasteiger partial charge on any atom is -0.370 e. The van der Waals surface area contributed by atoms with E-state index in [1.165, 1.54) is 25.7 Å². The first-order valence-electron chi connectivity index (χ1n) is 6.27. The Balaban J connectivity index is 2.19. The minimum atomic E-state index is -0.0202. The van der Waals surface area contributed by atoms with E-state index in [1.54, 1.807) is 0 Å². The van der Waals surface area contributed by atoms with Crippen LogP contribution in [-0.2, 0) is 9.53 Å². The number of amides is 1. The van der Waals surface area contributed by atoms with Crippen LogP contribution < -0.4 is 11.1 Å². The highest BCUT2D eigenvalue weighted by Gasteiger charge is 2.31. The molecule has 94 valence electrons. The van der Waals surface area contributed by atoms with Gasteiger partial charge in [-0.2, -0.15) is 0 Å². The summed E-state index contributed by atoms with van der Waals surface area (Å²) in [6.07, 6.45) is 6.23. The number of carbonyl (C=O) groups excluding carboxylic acids is 1. The van der Waals surface area contributed by atoms with Gasteiger partial charge in [-0.1, -0.05) is 19.8 Å². The molecule has 0 radical (unpaired) electrons. The van der Waals surface area contributed by atoms with E-state index >= 15 is 0 Å². The molecular formula is C12H24N2O2. The molecule has 0 heterocycles. The third kappa shape index (κ3) is 4.10. The van der Waals surface area contributed by atoms with Gasteiger partial charge < -0.3 is 15.8 Å². The number of hydrogen-bond donors (Lipinski definition) is 2. The van der Waals surface area contributed by atoms with Gasteiger partial charge in [-0.05, 0) is 24.7 Å². The number of hydrogen-bond acceptors (Lipinski definition) is 3. The van der Waals surface area contributed by atoms with Crippen molar-refractivity contribution in [2.75, 3.05) is 26.3 Å². The lowest BCUT2D eigenvalue weighted by molar-refractivity contribution is -0.126. The second-order valence-electron chi connectivity index (χ2n) is 4.68. The Hall–Kier alpha value is -0.610. The monoisotopic (exact) mass is 228 g/mol. The standard InChI is InChI=1S/C12H24N2O2/c1-2-12(5-3-4-6-12)10-14-11(15)9-16-8-7-13/h2-10,13H2,1H3,(H,14,15). The van der Waals surface area contributed by atoms with Crippen molar-refractivity contribution in [3.8, 4) is 0 Å². The first-order chi connectivity index (χ1) is 7.72. The van der Waals surface area contributed by atoms with Crippen molar-refractivity contribution in [3.63, 3.8) is 0 Å². The van der Waals surface area contributed by atoms with Crippen molar-refractivity contribution in [2.45, 2.75) is 39.0 Å². The number of ether oxygens (including phenoxy) is 1. The van der Waals surface area contributed by atoms with Crippen molar-refractivity contribution in [3.05, 3.63) is 0 Å². The third-order valence-electron chi connectivity index (χ3n) is 3.57. The lowest BCUT2D eigenvalue weighted by Gasteiger charge is -2.27. The van der Waals surface area contributed by atoms with E-state index in [1.807, 2.05) is 0 Å². The van der Waals surface area contributed by atoms with Gasteiger partial charge in [-0.15, -0.1) is 0 Å². The zero-order valence-corrected chi connectivity index (χ0v) is 10.3. The predicted molar refractivity (Wildman–Crippen MR) is 64.1 cm³/mol. The molecule has 16 heavy (non-hydrogen) atoms. The maximum Gasteiger partial charge on any atom is 0.246 e. The van der Waals surface area contributed by atoms with E-state index in [2.05, 4.69) is 12.2 Å². The zero-order valence-electron chi connectivity index (χ0n) is 10.3. The molecule has 1 fully saturated rings. The normalized spacial score (nSPS) is 18.6. The average molecular weight is 228 g/mol. The van der Waals surface area contributed by atoms with Gasteiger partial charge in [0.15, 0.2) is 0 Å².